The van der Waals surface area contributed by atoms with Crippen molar-refractivity contribution in [3.8, 4) is 5.75 Å². The monoisotopic (exact) mass is 435 g/mol. The molecule has 8 nitrogen and oxygen atoms in total. The fourth-order valence-electron chi connectivity index (χ4n) is 3.54. The van der Waals surface area contributed by atoms with E-state index in [-0.39, 0.29) is 11.3 Å². The Balaban J connectivity index is 1.43. The van der Waals surface area contributed by atoms with E-state index in [1.165, 1.54) is 12.1 Å². The summed E-state index contributed by atoms with van der Waals surface area (Å²) in [5, 5.41) is 8.21. The van der Waals surface area contributed by atoms with Gasteiger partial charge in [-0.15, -0.1) is 0 Å². The number of rotatable bonds is 6. The minimum Gasteiger partial charge on any atom is -0.363 e. The molecule has 32 heavy (non-hydrogen) atoms. The van der Waals surface area contributed by atoms with E-state index in [4.69, 9.17) is 24.9 Å². The SMILES string of the molecule is CC(C)(OCc1ccc(F)cc1)c1nc2c([nH]1)c(=N)ncn2Cc1ccc2c(c1)OOC2. The summed E-state index contributed by atoms with van der Waals surface area (Å²) in [5.74, 6) is 1.01. The van der Waals surface area contributed by atoms with E-state index in [2.05, 4.69) is 9.97 Å². The van der Waals surface area contributed by atoms with Gasteiger partial charge in [-0.05, 0) is 43.2 Å². The predicted molar refractivity (Wildman–Crippen MR) is 113 cm³/mol. The molecule has 1 aliphatic rings. The molecule has 2 aromatic carbocycles. The number of benzene rings is 2. The third-order valence-electron chi connectivity index (χ3n) is 5.45. The Morgan fingerprint density at radius 2 is 1.97 bits per heavy atom. The van der Waals surface area contributed by atoms with Crippen LogP contribution in [0.2, 0.25) is 0 Å². The Kier molecular flexibility index (Phi) is 4.99. The maximum Gasteiger partial charge on any atom is 0.173 e. The number of hydrogen-bond donors (Lipinski definition) is 2. The highest BCUT2D eigenvalue weighted by Gasteiger charge is 2.27. The van der Waals surface area contributed by atoms with Gasteiger partial charge in [0.05, 0.1) is 19.5 Å². The molecule has 0 aliphatic carbocycles. The maximum atomic E-state index is 13.1. The topological polar surface area (TPSA) is 98.0 Å². The molecular weight excluding hydrogens is 413 g/mol. The van der Waals surface area contributed by atoms with Crippen LogP contribution in [0.25, 0.3) is 11.2 Å². The van der Waals surface area contributed by atoms with Gasteiger partial charge in [0.2, 0.25) is 0 Å². The first-order chi connectivity index (χ1) is 15.4. The molecule has 0 radical (unpaired) electrons. The number of aromatic nitrogens is 4. The van der Waals surface area contributed by atoms with Gasteiger partial charge in [-0.3, -0.25) is 5.41 Å². The van der Waals surface area contributed by atoms with E-state index in [1.807, 2.05) is 36.6 Å². The van der Waals surface area contributed by atoms with Crippen molar-refractivity contribution in [2.24, 2.45) is 0 Å². The molecule has 0 spiro atoms. The number of nitrogens with one attached hydrogen (secondary N) is 2. The fraction of sp³-hybridized carbons (Fsp3) is 0.261. The minimum atomic E-state index is -0.767. The van der Waals surface area contributed by atoms with Crippen LogP contribution in [0.5, 0.6) is 5.75 Å². The standard InChI is InChI=1S/C23H22FN5O3/c1-23(2,30-11-14-4-7-17(24)8-5-14)22-27-19-20(25)26-13-29(21(19)28-22)10-15-3-6-16-12-31-32-18(16)9-15/h3-9,13,25H,10-12H2,1-2H3,(H,27,28). The lowest BCUT2D eigenvalue weighted by Crippen LogP contribution is -2.23. The summed E-state index contributed by atoms with van der Waals surface area (Å²) >= 11 is 0. The number of nitrogens with zero attached hydrogens (tertiary/aromatic N) is 3. The van der Waals surface area contributed by atoms with Gasteiger partial charge in [0.1, 0.15) is 29.4 Å². The average molecular weight is 435 g/mol. The summed E-state index contributed by atoms with van der Waals surface area (Å²) in [4.78, 5) is 22.4. The molecule has 0 bridgehead atoms. The first-order valence-corrected chi connectivity index (χ1v) is 10.2. The van der Waals surface area contributed by atoms with E-state index >= 15 is 0 Å². The Morgan fingerprint density at radius 3 is 2.78 bits per heavy atom. The fourth-order valence-corrected chi connectivity index (χ4v) is 3.54. The Morgan fingerprint density at radius 1 is 1.19 bits per heavy atom. The first-order valence-electron chi connectivity index (χ1n) is 10.2. The largest absolute Gasteiger partial charge is 0.363 e. The Labute approximate surface area is 183 Å². The van der Waals surface area contributed by atoms with Crippen LogP contribution >= 0.6 is 0 Å². The normalized spacial score (nSPS) is 13.3. The molecule has 0 saturated carbocycles. The van der Waals surface area contributed by atoms with Crippen LogP contribution in [0.4, 0.5) is 4.39 Å². The second-order valence-electron chi connectivity index (χ2n) is 8.22. The zero-order chi connectivity index (χ0) is 22.3. The van der Waals surface area contributed by atoms with Gasteiger partial charge >= 0.3 is 0 Å². The highest BCUT2D eigenvalue weighted by atomic mass is 19.1. The quantitative estimate of drug-likeness (QED) is 0.450. The van der Waals surface area contributed by atoms with Gasteiger partial charge in [0.15, 0.2) is 16.9 Å². The van der Waals surface area contributed by atoms with E-state index in [9.17, 15) is 4.39 Å². The van der Waals surface area contributed by atoms with E-state index < -0.39 is 5.60 Å². The number of ether oxygens (including phenoxy) is 1. The van der Waals surface area contributed by atoms with Gasteiger partial charge in [0, 0.05) is 5.56 Å². The minimum absolute atomic E-state index is 0.107. The summed E-state index contributed by atoms with van der Waals surface area (Å²) in [6.07, 6.45) is 1.60. The summed E-state index contributed by atoms with van der Waals surface area (Å²) in [5.41, 5.74) is 3.34. The lowest BCUT2D eigenvalue weighted by atomic mass is 10.1. The van der Waals surface area contributed by atoms with Crippen LogP contribution in [0.1, 0.15) is 36.4 Å². The van der Waals surface area contributed by atoms with Crippen LogP contribution in [0.3, 0.4) is 0 Å². The van der Waals surface area contributed by atoms with Gasteiger partial charge in [-0.1, -0.05) is 24.3 Å². The number of fused-ring (bicyclic) bond motifs is 2. The van der Waals surface area contributed by atoms with Gasteiger partial charge in [-0.2, -0.15) is 4.89 Å². The maximum absolute atomic E-state index is 13.1. The van der Waals surface area contributed by atoms with Crippen molar-refractivity contribution in [3.05, 3.63) is 82.6 Å². The third-order valence-corrected chi connectivity index (χ3v) is 5.45. The summed E-state index contributed by atoms with van der Waals surface area (Å²) in [6, 6.07) is 12.1. The van der Waals surface area contributed by atoms with Crippen LogP contribution in [0.15, 0.2) is 48.8 Å². The number of aromatic amines is 1. The van der Waals surface area contributed by atoms with Crippen LogP contribution in [-0.4, -0.2) is 19.5 Å². The van der Waals surface area contributed by atoms with Crippen molar-refractivity contribution in [1.82, 2.24) is 19.5 Å². The smallest absolute Gasteiger partial charge is 0.173 e. The lowest BCUT2D eigenvalue weighted by Gasteiger charge is -2.23. The Bertz CT molecular complexity index is 1340. The summed E-state index contributed by atoms with van der Waals surface area (Å²) in [7, 11) is 0. The zero-order valence-electron chi connectivity index (χ0n) is 17.7. The van der Waals surface area contributed by atoms with Crippen molar-refractivity contribution in [1.29, 1.82) is 5.41 Å². The molecule has 164 valence electrons. The van der Waals surface area contributed by atoms with E-state index in [1.54, 1.807) is 18.5 Å². The molecule has 5 rings (SSSR count). The first kappa shape index (κ1) is 20.3. The molecule has 0 amide bonds. The number of imidazole rings is 1. The third kappa shape index (κ3) is 3.88. The van der Waals surface area contributed by atoms with Crippen LogP contribution in [0, 0.1) is 11.2 Å². The summed E-state index contributed by atoms with van der Waals surface area (Å²) in [6.45, 7) is 5.04. The highest BCUT2D eigenvalue weighted by molar-refractivity contribution is 5.69. The highest BCUT2D eigenvalue weighted by Crippen LogP contribution is 2.28. The molecule has 9 heteroatoms. The molecule has 0 saturated heterocycles. The van der Waals surface area contributed by atoms with Gasteiger partial charge < -0.3 is 19.2 Å². The molecular formula is C23H22FN5O3. The van der Waals surface area contributed by atoms with Gasteiger partial charge in [0.25, 0.3) is 0 Å². The second-order valence-corrected chi connectivity index (χ2v) is 8.22. The molecule has 0 fully saturated rings. The molecule has 2 aromatic heterocycles. The molecule has 4 aromatic rings. The van der Waals surface area contributed by atoms with Crippen LogP contribution < -0.4 is 10.4 Å². The number of hydrogen-bond acceptors (Lipinski definition) is 6. The Hall–Kier alpha value is -3.56. The van der Waals surface area contributed by atoms with Crippen molar-refractivity contribution >= 4 is 11.2 Å². The molecule has 0 unspecified atom stereocenters. The lowest BCUT2D eigenvalue weighted by molar-refractivity contribution is -0.194. The molecule has 2 N–H and O–H groups in total. The van der Waals surface area contributed by atoms with E-state index in [0.717, 1.165) is 16.7 Å². The molecule has 3 heterocycles. The zero-order valence-corrected chi connectivity index (χ0v) is 17.7. The molecule has 1 aliphatic heterocycles. The van der Waals surface area contributed by atoms with Crippen LogP contribution in [-0.2, 0) is 35.0 Å². The van der Waals surface area contributed by atoms with Gasteiger partial charge in [-0.25, -0.2) is 14.4 Å². The molecule has 0 atom stereocenters. The number of H-pyrrole nitrogens is 1. The van der Waals surface area contributed by atoms with Crippen molar-refractivity contribution in [2.75, 3.05) is 0 Å². The summed E-state index contributed by atoms with van der Waals surface area (Å²) < 4.78 is 21.1. The predicted octanol–water partition coefficient (Wildman–Crippen LogP) is 3.70. The van der Waals surface area contributed by atoms with Crippen molar-refractivity contribution in [2.45, 2.75) is 39.2 Å². The number of halogens is 1. The van der Waals surface area contributed by atoms with E-state index in [0.29, 0.717) is 42.5 Å². The van der Waals surface area contributed by atoms with Crippen molar-refractivity contribution in [3.63, 3.8) is 0 Å². The average Bonchev–Trinajstić information content (AvgIpc) is 3.43. The van der Waals surface area contributed by atoms with Crippen molar-refractivity contribution < 1.29 is 18.9 Å². The second kappa shape index (κ2) is 7.85.